The van der Waals surface area contributed by atoms with Gasteiger partial charge in [0, 0.05) is 57.0 Å². The van der Waals surface area contributed by atoms with Crippen LogP contribution in [0.1, 0.15) is 5.56 Å². The second kappa shape index (κ2) is 7.88. The Hall–Kier alpha value is -1.47. The molecule has 126 valence electrons. The van der Waals surface area contributed by atoms with Gasteiger partial charge in [-0.05, 0) is 24.7 Å². The molecule has 0 unspecified atom stereocenters. The average molecular weight is 334 g/mol. The largest absolute Gasteiger partial charge is 0.370 e. The van der Waals surface area contributed by atoms with Crippen LogP contribution < -0.4 is 10.6 Å². The Balaban J connectivity index is 1.61. The van der Waals surface area contributed by atoms with Crippen molar-refractivity contribution in [2.75, 3.05) is 62.7 Å². The molecular formula is C16H26N6S. The number of aliphatic imine (C=N–C) groups is 1. The summed E-state index contributed by atoms with van der Waals surface area (Å²) in [6.07, 6.45) is 1.88. The zero-order valence-electron chi connectivity index (χ0n) is 13.8. The number of rotatable bonds is 3. The maximum absolute atomic E-state index is 6.13. The first kappa shape index (κ1) is 16.4. The van der Waals surface area contributed by atoms with Gasteiger partial charge in [-0.25, -0.2) is 9.98 Å². The number of guanidine groups is 1. The van der Waals surface area contributed by atoms with Gasteiger partial charge in [0.1, 0.15) is 5.82 Å². The van der Waals surface area contributed by atoms with Crippen molar-refractivity contribution in [1.29, 1.82) is 0 Å². The smallest absolute Gasteiger partial charge is 0.191 e. The van der Waals surface area contributed by atoms with E-state index in [0.29, 0.717) is 12.5 Å². The molecule has 0 aliphatic carbocycles. The summed E-state index contributed by atoms with van der Waals surface area (Å²) in [5, 5.41) is 0. The minimum absolute atomic E-state index is 0.624. The Kier molecular flexibility index (Phi) is 5.61. The monoisotopic (exact) mass is 334 g/mol. The van der Waals surface area contributed by atoms with Gasteiger partial charge in [-0.3, -0.25) is 0 Å². The summed E-state index contributed by atoms with van der Waals surface area (Å²) in [5.41, 5.74) is 7.30. The number of hydrogen-bond acceptors (Lipinski definition) is 5. The van der Waals surface area contributed by atoms with Crippen LogP contribution in [-0.4, -0.2) is 78.6 Å². The highest BCUT2D eigenvalue weighted by molar-refractivity contribution is 7.99. The third kappa shape index (κ3) is 4.51. The minimum Gasteiger partial charge on any atom is -0.370 e. The molecule has 2 fully saturated rings. The topological polar surface area (TPSA) is 61.0 Å². The molecule has 0 atom stereocenters. The highest BCUT2D eigenvalue weighted by Gasteiger charge is 2.15. The lowest BCUT2D eigenvalue weighted by Gasteiger charge is -2.33. The molecule has 2 aliphatic rings. The molecular weight excluding hydrogens is 308 g/mol. The highest BCUT2D eigenvalue weighted by Crippen LogP contribution is 2.15. The summed E-state index contributed by atoms with van der Waals surface area (Å²) in [7, 11) is 2.16. The van der Waals surface area contributed by atoms with Gasteiger partial charge >= 0.3 is 0 Å². The molecule has 0 radical (unpaired) electrons. The van der Waals surface area contributed by atoms with E-state index < -0.39 is 0 Å². The lowest BCUT2D eigenvalue weighted by atomic mass is 10.2. The molecule has 7 heteroatoms. The number of nitrogens with zero attached hydrogens (tertiary/aromatic N) is 5. The van der Waals surface area contributed by atoms with Gasteiger partial charge < -0.3 is 20.4 Å². The second-order valence-electron chi connectivity index (χ2n) is 6.09. The van der Waals surface area contributed by atoms with Gasteiger partial charge in [0.25, 0.3) is 0 Å². The lowest BCUT2D eigenvalue weighted by molar-refractivity contribution is 0.312. The summed E-state index contributed by atoms with van der Waals surface area (Å²) in [6.45, 7) is 6.87. The van der Waals surface area contributed by atoms with Gasteiger partial charge in [0.05, 0.1) is 6.54 Å². The van der Waals surface area contributed by atoms with Crippen LogP contribution in [0.2, 0.25) is 0 Å². The van der Waals surface area contributed by atoms with Crippen LogP contribution in [0.4, 0.5) is 5.82 Å². The Morgan fingerprint density at radius 2 is 1.96 bits per heavy atom. The summed E-state index contributed by atoms with van der Waals surface area (Å²) in [6, 6.07) is 4.18. The highest BCUT2D eigenvalue weighted by atomic mass is 32.2. The van der Waals surface area contributed by atoms with E-state index in [1.165, 1.54) is 5.56 Å². The number of piperazine rings is 1. The van der Waals surface area contributed by atoms with Crippen LogP contribution in [0, 0.1) is 0 Å². The Morgan fingerprint density at radius 3 is 2.70 bits per heavy atom. The number of thioether (sulfide) groups is 1. The van der Waals surface area contributed by atoms with E-state index in [0.717, 1.165) is 56.6 Å². The number of likely N-dealkylation sites (N-methyl/N-ethyl adjacent to an activating group) is 1. The molecule has 3 heterocycles. The molecule has 0 amide bonds. The molecule has 2 aliphatic heterocycles. The van der Waals surface area contributed by atoms with E-state index in [2.05, 4.69) is 37.8 Å². The maximum Gasteiger partial charge on any atom is 0.191 e. The Bertz CT molecular complexity index is 535. The Morgan fingerprint density at radius 1 is 1.22 bits per heavy atom. The van der Waals surface area contributed by atoms with Gasteiger partial charge in [-0.2, -0.15) is 11.8 Å². The van der Waals surface area contributed by atoms with Gasteiger partial charge in [0.2, 0.25) is 0 Å². The molecule has 0 saturated carbocycles. The van der Waals surface area contributed by atoms with Crippen LogP contribution in [0.25, 0.3) is 0 Å². The minimum atomic E-state index is 0.624. The number of nitrogens with two attached hydrogens (primary N) is 1. The molecule has 23 heavy (non-hydrogen) atoms. The van der Waals surface area contributed by atoms with E-state index in [4.69, 9.17) is 5.73 Å². The summed E-state index contributed by atoms with van der Waals surface area (Å²) in [4.78, 5) is 16.0. The molecule has 6 nitrogen and oxygen atoms in total. The lowest BCUT2D eigenvalue weighted by Crippen LogP contribution is -2.44. The number of anilines is 1. The van der Waals surface area contributed by atoms with Crippen molar-refractivity contribution in [1.82, 2.24) is 14.8 Å². The molecule has 0 bridgehead atoms. The number of aromatic nitrogens is 1. The molecule has 2 saturated heterocycles. The van der Waals surface area contributed by atoms with Gasteiger partial charge in [-0.15, -0.1) is 0 Å². The fourth-order valence-electron chi connectivity index (χ4n) is 2.83. The average Bonchev–Trinajstić information content (AvgIpc) is 2.61. The van der Waals surface area contributed by atoms with E-state index in [9.17, 15) is 0 Å². The molecule has 0 spiro atoms. The zero-order valence-corrected chi connectivity index (χ0v) is 14.6. The first-order valence-electron chi connectivity index (χ1n) is 8.23. The third-order valence-electron chi connectivity index (χ3n) is 4.40. The Labute approximate surface area is 142 Å². The second-order valence-corrected chi connectivity index (χ2v) is 7.31. The van der Waals surface area contributed by atoms with Gasteiger partial charge in [0.15, 0.2) is 5.96 Å². The number of pyridine rings is 1. The van der Waals surface area contributed by atoms with Crippen molar-refractivity contribution < 1.29 is 0 Å². The van der Waals surface area contributed by atoms with Gasteiger partial charge in [-0.1, -0.05) is 0 Å². The summed E-state index contributed by atoms with van der Waals surface area (Å²) >= 11 is 1.98. The van der Waals surface area contributed by atoms with Crippen molar-refractivity contribution in [2.24, 2.45) is 10.7 Å². The summed E-state index contributed by atoms with van der Waals surface area (Å²) < 4.78 is 0. The van der Waals surface area contributed by atoms with Crippen LogP contribution in [0.5, 0.6) is 0 Å². The van der Waals surface area contributed by atoms with Crippen molar-refractivity contribution in [3.63, 3.8) is 0 Å². The predicted molar refractivity (Wildman–Crippen MR) is 98.2 cm³/mol. The van der Waals surface area contributed by atoms with Crippen molar-refractivity contribution in [3.8, 4) is 0 Å². The normalized spacial score (nSPS) is 20.8. The maximum atomic E-state index is 6.13. The van der Waals surface area contributed by atoms with Crippen LogP contribution >= 0.6 is 11.8 Å². The standard InChI is InChI=1S/C16H26N6S/c1-20-4-6-21(7-5-20)15-12-14(2-3-18-15)13-19-16(17)22-8-10-23-11-9-22/h2-3,12H,4-11,13H2,1H3,(H2,17,19). The first-order valence-corrected chi connectivity index (χ1v) is 9.39. The van der Waals surface area contributed by atoms with Crippen molar-refractivity contribution >= 4 is 23.5 Å². The van der Waals surface area contributed by atoms with E-state index in [1.54, 1.807) is 0 Å². The molecule has 0 aromatic carbocycles. The van der Waals surface area contributed by atoms with Crippen LogP contribution in [0.15, 0.2) is 23.3 Å². The quantitative estimate of drug-likeness (QED) is 0.648. The van der Waals surface area contributed by atoms with Crippen LogP contribution in [-0.2, 0) is 6.54 Å². The third-order valence-corrected chi connectivity index (χ3v) is 5.34. The van der Waals surface area contributed by atoms with Crippen molar-refractivity contribution in [3.05, 3.63) is 23.9 Å². The predicted octanol–water partition coefficient (Wildman–Crippen LogP) is 0.697. The number of hydrogen-bond donors (Lipinski definition) is 1. The van der Waals surface area contributed by atoms with Crippen molar-refractivity contribution in [2.45, 2.75) is 6.54 Å². The summed E-state index contributed by atoms with van der Waals surface area (Å²) in [5.74, 6) is 4.00. The molecule has 1 aromatic heterocycles. The fourth-order valence-corrected chi connectivity index (χ4v) is 3.74. The fraction of sp³-hybridized carbons (Fsp3) is 0.625. The first-order chi connectivity index (χ1) is 11.2. The van der Waals surface area contributed by atoms with E-state index in [-0.39, 0.29) is 0 Å². The molecule has 3 rings (SSSR count). The zero-order chi connectivity index (χ0) is 16.1. The molecule has 1 aromatic rings. The van der Waals surface area contributed by atoms with Crippen LogP contribution in [0.3, 0.4) is 0 Å². The molecule has 2 N–H and O–H groups in total. The van der Waals surface area contributed by atoms with E-state index in [1.807, 2.05) is 24.0 Å². The SMILES string of the molecule is CN1CCN(c2cc(CN=C(N)N3CCSCC3)ccn2)CC1. The van der Waals surface area contributed by atoms with E-state index >= 15 is 0 Å².